The molecular weight excluding hydrogens is 334 g/mol. The van der Waals surface area contributed by atoms with Gasteiger partial charge in [0.2, 0.25) is 5.91 Å². The summed E-state index contributed by atoms with van der Waals surface area (Å²) in [5, 5.41) is 8.75. The Balaban J connectivity index is 1.89. The topological polar surface area (TPSA) is 90.3 Å². The van der Waals surface area contributed by atoms with Crippen molar-refractivity contribution in [3.8, 4) is 11.3 Å². The van der Waals surface area contributed by atoms with E-state index in [1.807, 2.05) is 42.5 Å². The van der Waals surface area contributed by atoms with Crippen LogP contribution in [0.3, 0.4) is 0 Å². The van der Waals surface area contributed by atoms with Gasteiger partial charge >= 0.3 is 5.97 Å². The summed E-state index contributed by atoms with van der Waals surface area (Å²) in [4.78, 5) is 35.0. The molecule has 2 aromatic carbocycles. The van der Waals surface area contributed by atoms with Gasteiger partial charge in [-0.05, 0) is 16.8 Å². The van der Waals surface area contributed by atoms with Crippen LogP contribution in [-0.2, 0) is 20.9 Å². The molecule has 0 fully saturated rings. The third-order valence-corrected chi connectivity index (χ3v) is 3.88. The van der Waals surface area contributed by atoms with Crippen LogP contribution in [0.5, 0.6) is 0 Å². The molecule has 1 N–H and O–H groups in total. The first kappa shape index (κ1) is 17.3. The average molecular weight is 351 g/mol. The minimum atomic E-state index is -0.567. The third-order valence-electron chi connectivity index (χ3n) is 3.88. The summed E-state index contributed by atoms with van der Waals surface area (Å²) in [6.07, 6.45) is 0. The number of benzene rings is 2. The molecule has 0 spiro atoms. The fourth-order valence-electron chi connectivity index (χ4n) is 2.59. The van der Waals surface area contributed by atoms with Gasteiger partial charge in [0.1, 0.15) is 13.1 Å². The molecule has 0 aliphatic heterocycles. The number of nitrogens with zero attached hydrogens (tertiary/aromatic N) is 2. The van der Waals surface area contributed by atoms with Crippen LogP contribution in [0.15, 0.2) is 59.4 Å². The van der Waals surface area contributed by atoms with Crippen molar-refractivity contribution in [3.05, 3.63) is 65.0 Å². The highest BCUT2D eigenvalue weighted by Gasteiger charge is 2.11. The SMILES string of the molecule is COC(=O)CNC(=O)Cn1nc(-c2cccc3ccccc23)ccc1=O. The average Bonchev–Trinajstić information content (AvgIpc) is 2.67. The molecule has 1 aromatic heterocycles. The number of nitrogens with one attached hydrogen (secondary N) is 1. The number of aromatic nitrogens is 2. The van der Waals surface area contributed by atoms with Crippen LogP contribution < -0.4 is 10.9 Å². The summed E-state index contributed by atoms with van der Waals surface area (Å²) in [5.74, 6) is -1.07. The van der Waals surface area contributed by atoms with E-state index in [9.17, 15) is 14.4 Å². The Labute approximate surface area is 149 Å². The monoisotopic (exact) mass is 351 g/mol. The molecule has 0 atom stereocenters. The molecule has 0 aliphatic carbocycles. The van der Waals surface area contributed by atoms with Gasteiger partial charge in [-0.2, -0.15) is 5.10 Å². The predicted molar refractivity (Wildman–Crippen MR) is 96.5 cm³/mol. The van der Waals surface area contributed by atoms with E-state index in [0.717, 1.165) is 21.0 Å². The lowest BCUT2D eigenvalue weighted by Crippen LogP contribution is -2.36. The maximum Gasteiger partial charge on any atom is 0.325 e. The van der Waals surface area contributed by atoms with E-state index in [0.29, 0.717) is 5.69 Å². The Bertz CT molecular complexity index is 1020. The van der Waals surface area contributed by atoms with E-state index in [2.05, 4.69) is 15.2 Å². The molecule has 0 saturated heterocycles. The van der Waals surface area contributed by atoms with E-state index >= 15 is 0 Å². The van der Waals surface area contributed by atoms with Gasteiger partial charge in [-0.25, -0.2) is 4.68 Å². The third kappa shape index (κ3) is 3.77. The fraction of sp³-hybridized carbons (Fsp3) is 0.158. The van der Waals surface area contributed by atoms with E-state index in [1.54, 1.807) is 6.07 Å². The second-order valence-corrected chi connectivity index (χ2v) is 5.59. The zero-order valence-corrected chi connectivity index (χ0v) is 14.1. The number of carbonyl (C=O) groups excluding carboxylic acids is 2. The summed E-state index contributed by atoms with van der Waals surface area (Å²) in [6, 6.07) is 16.7. The second kappa shape index (κ2) is 7.60. The largest absolute Gasteiger partial charge is 0.468 e. The zero-order chi connectivity index (χ0) is 18.5. The van der Waals surface area contributed by atoms with Gasteiger partial charge in [-0.1, -0.05) is 42.5 Å². The van der Waals surface area contributed by atoms with Crippen molar-refractivity contribution in [3.63, 3.8) is 0 Å². The first-order valence-electron chi connectivity index (χ1n) is 7.98. The van der Waals surface area contributed by atoms with Gasteiger partial charge in [0, 0.05) is 11.6 Å². The number of fused-ring (bicyclic) bond motifs is 1. The van der Waals surface area contributed by atoms with Crippen LogP contribution in [0.1, 0.15) is 0 Å². The van der Waals surface area contributed by atoms with Crippen LogP contribution in [0.2, 0.25) is 0 Å². The van der Waals surface area contributed by atoms with Gasteiger partial charge in [0.05, 0.1) is 12.8 Å². The highest BCUT2D eigenvalue weighted by Crippen LogP contribution is 2.26. The normalized spacial score (nSPS) is 10.5. The minimum Gasteiger partial charge on any atom is -0.468 e. The first-order chi connectivity index (χ1) is 12.6. The van der Waals surface area contributed by atoms with Crippen LogP contribution in [-0.4, -0.2) is 35.3 Å². The van der Waals surface area contributed by atoms with Gasteiger partial charge in [0.15, 0.2) is 0 Å². The molecule has 1 heterocycles. The number of methoxy groups -OCH3 is 1. The van der Waals surface area contributed by atoms with Gasteiger partial charge in [-0.15, -0.1) is 0 Å². The van der Waals surface area contributed by atoms with E-state index in [4.69, 9.17) is 0 Å². The molecule has 0 aliphatic rings. The zero-order valence-electron chi connectivity index (χ0n) is 14.1. The number of rotatable bonds is 5. The summed E-state index contributed by atoms with van der Waals surface area (Å²) in [6.45, 7) is -0.540. The predicted octanol–water partition coefficient (Wildman–Crippen LogP) is 1.35. The highest BCUT2D eigenvalue weighted by atomic mass is 16.5. The van der Waals surface area contributed by atoms with Crippen molar-refractivity contribution in [2.45, 2.75) is 6.54 Å². The molecule has 1 amide bonds. The van der Waals surface area contributed by atoms with Crippen LogP contribution in [0.4, 0.5) is 0 Å². The molecule has 7 nitrogen and oxygen atoms in total. The summed E-state index contributed by atoms with van der Waals surface area (Å²) < 4.78 is 5.53. The Morgan fingerprint density at radius 3 is 2.65 bits per heavy atom. The maximum absolute atomic E-state index is 12.0. The van der Waals surface area contributed by atoms with Crippen LogP contribution in [0, 0.1) is 0 Å². The van der Waals surface area contributed by atoms with Crippen LogP contribution >= 0.6 is 0 Å². The fourth-order valence-corrected chi connectivity index (χ4v) is 2.59. The molecular formula is C19H17N3O4. The molecule has 0 saturated carbocycles. The summed E-state index contributed by atoms with van der Waals surface area (Å²) in [5.41, 5.74) is 1.05. The standard InChI is InChI=1S/C19H17N3O4/c1-26-19(25)11-20-17(23)12-22-18(24)10-9-16(21-22)15-8-4-6-13-5-2-3-7-14(13)15/h2-10H,11-12H2,1H3,(H,20,23). The number of esters is 1. The van der Waals surface area contributed by atoms with Gasteiger partial charge in [-0.3, -0.25) is 14.4 Å². The summed E-state index contributed by atoms with van der Waals surface area (Å²) >= 11 is 0. The number of hydrogen-bond acceptors (Lipinski definition) is 5. The lowest BCUT2D eigenvalue weighted by Gasteiger charge is -2.09. The van der Waals surface area contributed by atoms with Crippen molar-refractivity contribution in [2.75, 3.05) is 13.7 Å². The van der Waals surface area contributed by atoms with Crippen molar-refractivity contribution >= 4 is 22.6 Å². The molecule has 3 aromatic rings. The minimum absolute atomic E-state index is 0.257. The number of carbonyl (C=O) groups is 2. The number of ether oxygens (including phenoxy) is 1. The Morgan fingerprint density at radius 2 is 1.85 bits per heavy atom. The maximum atomic E-state index is 12.0. The smallest absolute Gasteiger partial charge is 0.325 e. The van der Waals surface area contributed by atoms with Crippen molar-refractivity contribution < 1.29 is 14.3 Å². The molecule has 7 heteroatoms. The summed E-state index contributed by atoms with van der Waals surface area (Å²) in [7, 11) is 1.23. The Morgan fingerprint density at radius 1 is 1.08 bits per heavy atom. The first-order valence-corrected chi connectivity index (χ1v) is 7.98. The van der Waals surface area contributed by atoms with Crippen molar-refractivity contribution in [1.29, 1.82) is 0 Å². The quantitative estimate of drug-likeness (QED) is 0.701. The van der Waals surface area contributed by atoms with Gasteiger partial charge in [0.25, 0.3) is 5.56 Å². The van der Waals surface area contributed by atoms with E-state index in [1.165, 1.54) is 13.2 Å². The molecule has 0 radical (unpaired) electrons. The molecule has 0 unspecified atom stereocenters. The van der Waals surface area contributed by atoms with Crippen molar-refractivity contribution in [2.24, 2.45) is 0 Å². The Hall–Kier alpha value is -3.48. The molecule has 132 valence electrons. The molecule has 26 heavy (non-hydrogen) atoms. The van der Waals surface area contributed by atoms with E-state index < -0.39 is 17.4 Å². The van der Waals surface area contributed by atoms with Gasteiger partial charge < -0.3 is 10.1 Å². The molecule has 0 bridgehead atoms. The lowest BCUT2D eigenvalue weighted by molar-refractivity contribution is -0.141. The number of hydrogen-bond donors (Lipinski definition) is 1. The van der Waals surface area contributed by atoms with E-state index in [-0.39, 0.29) is 13.1 Å². The molecule has 3 rings (SSSR count). The van der Waals surface area contributed by atoms with Crippen molar-refractivity contribution in [1.82, 2.24) is 15.1 Å². The van der Waals surface area contributed by atoms with Crippen LogP contribution in [0.25, 0.3) is 22.0 Å². The number of amides is 1. The Kier molecular flexibility index (Phi) is 5.07. The lowest BCUT2D eigenvalue weighted by atomic mass is 10.0. The highest BCUT2D eigenvalue weighted by molar-refractivity contribution is 5.95. The second-order valence-electron chi connectivity index (χ2n) is 5.59.